The number of rotatable bonds is 5. The molecule has 0 spiro atoms. The van der Waals surface area contributed by atoms with Gasteiger partial charge in [-0.25, -0.2) is 0 Å². The number of likely N-dealkylation sites (tertiary alicyclic amines) is 1. The lowest BCUT2D eigenvalue weighted by atomic mass is 10.2. The molecule has 0 amide bonds. The average Bonchev–Trinajstić information content (AvgIpc) is 2.83. The summed E-state index contributed by atoms with van der Waals surface area (Å²) in [6.07, 6.45) is -3.80. The molecule has 1 N–H and O–H groups in total. The number of ether oxygens (including phenoxy) is 1. The van der Waals surface area contributed by atoms with Gasteiger partial charge in [-0.1, -0.05) is 0 Å². The lowest BCUT2D eigenvalue weighted by Crippen LogP contribution is -2.34. The third kappa shape index (κ3) is 4.20. The summed E-state index contributed by atoms with van der Waals surface area (Å²) >= 11 is 0. The number of methoxy groups -OCH3 is 1. The second-order valence-electron chi connectivity index (χ2n) is 4.96. The second kappa shape index (κ2) is 6.34. The molecule has 1 fully saturated rings. The summed E-state index contributed by atoms with van der Waals surface area (Å²) in [6, 6.07) is 2.27. The van der Waals surface area contributed by atoms with Gasteiger partial charge in [-0.05, 0) is 6.42 Å². The molecule has 0 saturated carbocycles. The van der Waals surface area contributed by atoms with Crippen molar-refractivity contribution in [2.75, 3.05) is 32.1 Å². The summed E-state index contributed by atoms with van der Waals surface area (Å²) in [6.45, 7) is -0.566. The van der Waals surface area contributed by atoms with E-state index in [9.17, 15) is 23.3 Å². The van der Waals surface area contributed by atoms with Gasteiger partial charge in [-0.3, -0.25) is 15.0 Å². The van der Waals surface area contributed by atoms with Crippen molar-refractivity contribution in [3.63, 3.8) is 0 Å². The number of anilines is 1. The van der Waals surface area contributed by atoms with E-state index >= 15 is 0 Å². The summed E-state index contributed by atoms with van der Waals surface area (Å²) in [5.74, 6) is 0.196. The topological polar surface area (TPSA) is 80.5 Å². The molecule has 1 saturated heterocycles. The fourth-order valence-electron chi connectivity index (χ4n) is 2.34. The van der Waals surface area contributed by atoms with Crippen LogP contribution in [0.5, 0.6) is 5.88 Å². The van der Waals surface area contributed by atoms with Crippen molar-refractivity contribution in [2.24, 2.45) is 0 Å². The van der Waals surface area contributed by atoms with Crippen molar-refractivity contribution < 1.29 is 22.8 Å². The first-order valence-corrected chi connectivity index (χ1v) is 6.53. The van der Waals surface area contributed by atoms with Crippen LogP contribution in [0.15, 0.2) is 12.1 Å². The fraction of sp³-hybridized carbons (Fsp3) is 0.583. The molecule has 0 aliphatic carbocycles. The van der Waals surface area contributed by atoms with Gasteiger partial charge in [0.2, 0.25) is 11.7 Å². The van der Waals surface area contributed by atoms with Crippen molar-refractivity contribution in [2.45, 2.75) is 18.6 Å². The summed E-state index contributed by atoms with van der Waals surface area (Å²) in [7, 11) is 1.37. The van der Waals surface area contributed by atoms with Crippen LogP contribution < -0.4 is 10.1 Å². The largest absolute Gasteiger partial charge is 0.481 e. The normalized spacial score (nSPS) is 19.2. The lowest BCUT2D eigenvalue weighted by Gasteiger charge is -2.18. The van der Waals surface area contributed by atoms with Gasteiger partial charge >= 0.3 is 11.9 Å². The predicted molar refractivity (Wildman–Crippen MR) is 72.0 cm³/mol. The minimum atomic E-state index is -4.25. The molecule has 0 radical (unpaired) electrons. The Labute approximate surface area is 124 Å². The van der Waals surface area contributed by atoms with Crippen molar-refractivity contribution >= 4 is 11.5 Å². The van der Waals surface area contributed by atoms with Crippen LogP contribution in [0.4, 0.5) is 24.7 Å². The highest BCUT2D eigenvalue weighted by Gasteiger charge is 2.35. The van der Waals surface area contributed by atoms with Crippen LogP contribution in [0.1, 0.15) is 6.42 Å². The maximum absolute atomic E-state index is 12.3. The van der Waals surface area contributed by atoms with Crippen molar-refractivity contribution in [1.29, 1.82) is 0 Å². The quantitative estimate of drug-likeness (QED) is 0.660. The molecule has 1 atom stereocenters. The monoisotopic (exact) mass is 320 g/mol. The van der Waals surface area contributed by atoms with Crippen LogP contribution in [0.2, 0.25) is 0 Å². The van der Waals surface area contributed by atoms with E-state index in [1.54, 1.807) is 0 Å². The highest BCUT2D eigenvalue weighted by molar-refractivity contribution is 5.57. The van der Waals surface area contributed by atoms with Gasteiger partial charge in [-0.15, -0.1) is 0 Å². The van der Waals surface area contributed by atoms with E-state index < -0.39 is 17.6 Å². The molecule has 0 aromatic carbocycles. The molecule has 7 nitrogen and oxygen atoms in total. The molecule has 1 aliphatic rings. The Hall–Kier alpha value is -2.10. The minimum absolute atomic E-state index is 0.00297. The second-order valence-corrected chi connectivity index (χ2v) is 4.96. The molecule has 1 unspecified atom stereocenters. The van der Waals surface area contributed by atoms with Gasteiger partial charge < -0.3 is 10.1 Å². The van der Waals surface area contributed by atoms with Crippen molar-refractivity contribution in [3.05, 3.63) is 22.2 Å². The maximum atomic E-state index is 12.3. The Bertz CT molecular complexity index is 553. The minimum Gasteiger partial charge on any atom is -0.481 e. The van der Waals surface area contributed by atoms with E-state index in [-0.39, 0.29) is 36.5 Å². The predicted octanol–water partition coefficient (Wildman–Crippen LogP) is 2.05. The molecule has 22 heavy (non-hydrogen) atoms. The van der Waals surface area contributed by atoms with E-state index in [4.69, 9.17) is 4.74 Å². The summed E-state index contributed by atoms with van der Waals surface area (Å²) < 4.78 is 42.0. The van der Waals surface area contributed by atoms with Gasteiger partial charge in [0, 0.05) is 31.3 Å². The molecule has 122 valence electrons. The third-order valence-electron chi connectivity index (χ3n) is 3.27. The maximum Gasteiger partial charge on any atom is 0.401 e. The molecule has 2 rings (SSSR count). The molecule has 1 aromatic rings. The van der Waals surface area contributed by atoms with Crippen LogP contribution in [-0.4, -0.2) is 53.8 Å². The Balaban J connectivity index is 2.06. The van der Waals surface area contributed by atoms with E-state index in [2.05, 4.69) is 10.3 Å². The van der Waals surface area contributed by atoms with Gasteiger partial charge in [0.25, 0.3) is 0 Å². The SMILES string of the molecule is COc1ccc([N+](=O)[O-])c(NC2CCN(CC(F)(F)F)C2)n1. The highest BCUT2D eigenvalue weighted by atomic mass is 19.4. The summed E-state index contributed by atoms with van der Waals surface area (Å²) in [4.78, 5) is 15.6. The lowest BCUT2D eigenvalue weighted by molar-refractivity contribution is -0.384. The average molecular weight is 320 g/mol. The zero-order valence-electron chi connectivity index (χ0n) is 11.8. The first-order chi connectivity index (χ1) is 10.3. The Morgan fingerprint density at radius 1 is 1.55 bits per heavy atom. The van der Waals surface area contributed by atoms with E-state index in [0.717, 1.165) is 0 Å². The van der Waals surface area contributed by atoms with Crippen LogP contribution in [0, 0.1) is 10.1 Å². The number of nitrogens with one attached hydrogen (secondary N) is 1. The van der Waals surface area contributed by atoms with Crippen LogP contribution in [-0.2, 0) is 0 Å². The fourth-order valence-corrected chi connectivity index (χ4v) is 2.34. The van der Waals surface area contributed by atoms with Crippen LogP contribution >= 0.6 is 0 Å². The van der Waals surface area contributed by atoms with Gasteiger partial charge in [0.15, 0.2) is 0 Å². The van der Waals surface area contributed by atoms with Gasteiger partial charge in [-0.2, -0.15) is 18.2 Å². The number of aromatic nitrogens is 1. The van der Waals surface area contributed by atoms with Gasteiger partial charge in [0.1, 0.15) is 0 Å². The number of hydrogen-bond acceptors (Lipinski definition) is 6. The first kappa shape index (κ1) is 16.3. The van der Waals surface area contributed by atoms with E-state index in [1.165, 1.54) is 24.1 Å². The number of nitrogens with zero attached hydrogens (tertiary/aromatic N) is 3. The zero-order chi connectivity index (χ0) is 16.3. The molecular formula is C12H15F3N4O3. The van der Waals surface area contributed by atoms with E-state index in [0.29, 0.717) is 6.42 Å². The van der Waals surface area contributed by atoms with E-state index in [1.807, 2.05) is 0 Å². The molecular weight excluding hydrogens is 305 g/mol. The van der Waals surface area contributed by atoms with Crippen LogP contribution in [0.3, 0.4) is 0 Å². The molecule has 1 aromatic heterocycles. The Morgan fingerprint density at radius 2 is 2.27 bits per heavy atom. The molecule has 10 heteroatoms. The highest BCUT2D eigenvalue weighted by Crippen LogP contribution is 2.27. The molecule has 0 bridgehead atoms. The zero-order valence-corrected chi connectivity index (χ0v) is 11.8. The number of alkyl halides is 3. The molecule has 2 heterocycles. The standard InChI is InChI=1S/C12H15F3N4O3/c1-22-10-3-2-9(19(20)21)11(17-10)16-8-4-5-18(6-8)7-12(13,14)15/h2-3,8H,4-7H2,1H3,(H,16,17). The number of hydrogen-bond donors (Lipinski definition) is 1. The number of nitro groups is 1. The first-order valence-electron chi connectivity index (χ1n) is 6.53. The molecule has 1 aliphatic heterocycles. The van der Waals surface area contributed by atoms with Gasteiger partial charge in [0.05, 0.1) is 18.6 Å². The number of pyridine rings is 1. The van der Waals surface area contributed by atoms with Crippen molar-refractivity contribution in [1.82, 2.24) is 9.88 Å². The smallest absolute Gasteiger partial charge is 0.401 e. The van der Waals surface area contributed by atoms with Crippen LogP contribution in [0.25, 0.3) is 0 Å². The summed E-state index contributed by atoms with van der Waals surface area (Å²) in [5.41, 5.74) is -0.241. The Kier molecular flexibility index (Phi) is 4.69. The van der Waals surface area contributed by atoms with Crippen molar-refractivity contribution in [3.8, 4) is 5.88 Å². The third-order valence-corrected chi connectivity index (χ3v) is 3.27. The Morgan fingerprint density at radius 3 is 2.86 bits per heavy atom. The summed E-state index contributed by atoms with van der Waals surface area (Å²) in [5, 5.41) is 13.8. The number of halogens is 3.